The molecule has 0 saturated carbocycles. The van der Waals surface area contributed by atoms with E-state index < -0.39 is 7.82 Å². The van der Waals surface area contributed by atoms with Gasteiger partial charge in [0.05, 0.1) is 0 Å². The molecule has 9 heavy (non-hydrogen) atoms. The Labute approximate surface area is 85.3 Å². The van der Waals surface area contributed by atoms with Gasteiger partial charge >= 0.3 is 53.0 Å². The van der Waals surface area contributed by atoms with Crippen LogP contribution in [0.1, 0.15) is 0 Å². The van der Waals surface area contributed by atoms with E-state index >= 15 is 0 Å². The first kappa shape index (κ1) is 31.0. The van der Waals surface area contributed by atoms with Crippen molar-refractivity contribution in [1.29, 1.82) is 0 Å². The topological polar surface area (TPSA) is 115 Å². The monoisotopic (exact) mass is 230 g/mol. The van der Waals surface area contributed by atoms with Gasteiger partial charge in [-0.1, -0.05) is 0 Å². The molecular formula is Fe2LiO5P. The second-order valence-electron chi connectivity index (χ2n) is 0.447. The van der Waals surface area contributed by atoms with E-state index in [1.165, 1.54) is 0 Å². The van der Waals surface area contributed by atoms with Gasteiger partial charge in [0.25, 0.3) is 0 Å². The summed E-state index contributed by atoms with van der Waals surface area (Å²) in [6.07, 6.45) is 0. The average Bonchev–Trinajstić information content (AvgIpc) is 0.722. The summed E-state index contributed by atoms with van der Waals surface area (Å²) < 4.78 is 8.55. The van der Waals surface area contributed by atoms with E-state index in [0.717, 1.165) is 0 Å². The van der Waals surface area contributed by atoms with Gasteiger partial charge in [-0.15, -0.1) is 0 Å². The van der Waals surface area contributed by atoms with Gasteiger partial charge in [0, 0.05) is 0 Å². The molecule has 9 heteroatoms. The van der Waals surface area contributed by atoms with Gasteiger partial charge in [-0.25, -0.2) is 0 Å². The molecule has 52 valence electrons. The summed E-state index contributed by atoms with van der Waals surface area (Å²) >= 11 is 0. The third-order valence-corrected chi connectivity index (χ3v) is 0. The molecule has 0 aliphatic heterocycles. The number of rotatable bonds is 0. The zero-order chi connectivity index (χ0) is 4.50. The Morgan fingerprint density at radius 1 is 1.00 bits per heavy atom. The second kappa shape index (κ2) is 12.4. The molecule has 5 nitrogen and oxygen atoms in total. The van der Waals surface area contributed by atoms with Crippen LogP contribution in [0.15, 0.2) is 0 Å². The van der Waals surface area contributed by atoms with Crippen LogP contribution in [0.25, 0.3) is 0 Å². The predicted molar refractivity (Wildman–Crippen MR) is 8.29 cm³/mol. The minimum absolute atomic E-state index is 0. The maximum absolute atomic E-state index is 8.55. The Kier molecular flexibility index (Phi) is 42.6. The van der Waals surface area contributed by atoms with Crippen LogP contribution in [-0.2, 0) is 44.2 Å². The van der Waals surface area contributed by atoms with E-state index in [4.69, 9.17) is 19.2 Å². The Hall–Kier alpha value is 1.71. The third kappa shape index (κ3) is 198. The quantitative estimate of drug-likeness (QED) is 0.304. The first-order chi connectivity index (χ1) is 2.00. The molecule has 0 N–H and O–H groups in total. The van der Waals surface area contributed by atoms with E-state index in [0.29, 0.717) is 0 Å². The molecule has 0 spiro atoms. The molecule has 0 aliphatic carbocycles. The molecule has 0 aliphatic rings. The van der Waals surface area contributed by atoms with Crippen molar-refractivity contribution in [1.82, 2.24) is 0 Å². The first-order valence-electron chi connectivity index (χ1n) is 0.730. The maximum Gasteiger partial charge on any atom is 2.00 e. The van der Waals surface area contributed by atoms with E-state index in [2.05, 4.69) is 0 Å². The molecule has 0 heterocycles. The van der Waals surface area contributed by atoms with E-state index in [9.17, 15) is 0 Å². The van der Waals surface area contributed by atoms with Crippen LogP contribution in [0.5, 0.6) is 0 Å². The van der Waals surface area contributed by atoms with Crippen molar-refractivity contribution in [3.05, 3.63) is 0 Å². The summed E-state index contributed by atoms with van der Waals surface area (Å²) in [6.45, 7) is 0. The molecule has 0 amide bonds. The minimum Gasteiger partial charge on any atom is -2.00 e. The van der Waals surface area contributed by atoms with E-state index in [-0.39, 0.29) is 58.5 Å². The molecule has 0 aromatic carbocycles. The van der Waals surface area contributed by atoms with Crippen molar-refractivity contribution in [2.24, 2.45) is 0 Å². The molecule has 0 aromatic rings. The first-order valence-corrected chi connectivity index (χ1v) is 2.19. The van der Waals surface area contributed by atoms with Gasteiger partial charge in [-0.3, -0.25) is 0 Å². The molecule has 0 bridgehead atoms. The molecule has 0 radical (unpaired) electrons. The van der Waals surface area contributed by atoms with Crippen molar-refractivity contribution in [3.8, 4) is 0 Å². The van der Waals surface area contributed by atoms with E-state index in [1.54, 1.807) is 0 Å². The number of hydrogen-bond acceptors (Lipinski definition) is 4. The van der Waals surface area contributed by atoms with Gasteiger partial charge in [-0.05, 0) is 0 Å². The van der Waals surface area contributed by atoms with Crippen LogP contribution < -0.4 is 33.5 Å². The Morgan fingerprint density at radius 2 is 1.00 bits per heavy atom. The number of phosphoric acid groups is 1. The number of hydrogen-bond donors (Lipinski definition) is 0. The maximum atomic E-state index is 8.55. The van der Waals surface area contributed by atoms with Crippen molar-refractivity contribution in [3.63, 3.8) is 0 Å². The fourth-order valence-corrected chi connectivity index (χ4v) is 0. The van der Waals surface area contributed by atoms with Crippen LogP contribution in [-0.4, -0.2) is 0 Å². The van der Waals surface area contributed by atoms with Gasteiger partial charge in [0.2, 0.25) is 0 Å². The Morgan fingerprint density at radius 3 is 1.00 bits per heavy atom. The summed E-state index contributed by atoms with van der Waals surface area (Å²) in [6, 6.07) is 0. The predicted octanol–water partition coefficient (Wildman–Crippen LogP) is -5.94. The summed E-state index contributed by atoms with van der Waals surface area (Å²) in [5.74, 6) is 0. The van der Waals surface area contributed by atoms with Gasteiger partial charge in [-0.2, -0.15) is 7.82 Å². The summed E-state index contributed by atoms with van der Waals surface area (Å²) in [7, 11) is -5.39. The minimum atomic E-state index is -5.39. The molecule has 0 atom stereocenters. The van der Waals surface area contributed by atoms with Gasteiger partial charge in [0.15, 0.2) is 0 Å². The fourth-order valence-electron chi connectivity index (χ4n) is 0. The molecule has 0 fully saturated rings. The Balaban J connectivity index is -0.0000000133. The normalized spacial score (nSPS) is 6.56. The van der Waals surface area contributed by atoms with Crippen LogP contribution in [0, 0.1) is 0 Å². The molecule has 0 unspecified atom stereocenters. The second-order valence-corrected chi connectivity index (χ2v) is 1.34. The molecule has 0 aromatic heterocycles. The van der Waals surface area contributed by atoms with E-state index in [1.807, 2.05) is 0 Å². The zero-order valence-electron chi connectivity index (χ0n) is 4.20. The summed E-state index contributed by atoms with van der Waals surface area (Å²) in [5, 5.41) is 0. The molecular weight excluding hydrogens is 230 g/mol. The van der Waals surface area contributed by atoms with Gasteiger partial charge < -0.3 is 24.7 Å². The van der Waals surface area contributed by atoms with Crippen LogP contribution in [0.3, 0.4) is 0 Å². The van der Waals surface area contributed by atoms with Crippen molar-refractivity contribution >= 4 is 7.82 Å². The van der Waals surface area contributed by atoms with Crippen molar-refractivity contribution in [2.75, 3.05) is 0 Å². The largest absolute Gasteiger partial charge is 2.00 e. The van der Waals surface area contributed by atoms with Crippen LogP contribution >= 0.6 is 7.82 Å². The van der Waals surface area contributed by atoms with Crippen LogP contribution in [0.2, 0.25) is 0 Å². The summed E-state index contributed by atoms with van der Waals surface area (Å²) in [4.78, 5) is 25.6. The van der Waals surface area contributed by atoms with Crippen molar-refractivity contribution < 1.29 is 77.7 Å². The zero-order valence-corrected chi connectivity index (χ0v) is 7.30. The fraction of sp³-hybridized carbons (Fsp3) is 0. The Bertz CT molecular complexity index is 61.1. The molecule has 0 saturated heterocycles. The smallest absolute Gasteiger partial charge is 2.00 e. The average molecular weight is 230 g/mol. The standard InChI is InChI=1S/2Fe.Li.H3O4P.O/c;;;1-5(2,3)4;/h;;;(H3,1,2,3,4);/q2*+2;+1;;-2/p-3. The van der Waals surface area contributed by atoms with Gasteiger partial charge in [0.1, 0.15) is 0 Å². The van der Waals surface area contributed by atoms with Crippen LogP contribution in [0.4, 0.5) is 0 Å². The van der Waals surface area contributed by atoms with Crippen molar-refractivity contribution in [2.45, 2.75) is 0 Å². The summed E-state index contributed by atoms with van der Waals surface area (Å²) in [5.41, 5.74) is 0. The SMILES string of the molecule is O=P([O-])([O-])[O-].[Fe+2].[Fe+2].[Li+].[O-2]. The third-order valence-electron chi connectivity index (χ3n) is 0. The molecule has 0 rings (SSSR count).